The first-order valence-corrected chi connectivity index (χ1v) is 13.8. The lowest BCUT2D eigenvalue weighted by Gasteiger charge is -2.13. The van der Waals surface area contributed by atoms with Gasteiger partial charge in [0.1, 0.15) is 6.54 Å². The van der Waals surface area contributed by atoms with Crippen LogP contribution in [-0.2, 0) is 14.4 Å². The zero-order valence-corrected chi connectivity index (χ0v) is 23.7. The highest BCUT2D eigenvalue weighted by molar-refractivity contribution is 8.18. The largest absolute Gasteiger partial charge is 0.493 e. The van der Waals surface area contributed by atoms with Crippen molar-refractivity contribution >= 4 is 62.9 Å². The van der Waals surface area contributed by atoms with E-state index in [2.05, 4.69) is 10.6 Å². The van der Waals surface area contributed by atoms with Gasteiger partial charge < -0.3 is 20.1 Å². The zero-order chi connectivity index (χ0) is 29.6. The molecule has 1 heterocycles. The molecule has 9 nitrogen and oxygen atoms in total. The van der Waals surface area contributed by atoms with E-state index >= 15 is 0 Å². The molecule has 0 radical (unpaired) electrons. The fourth-order valence-corrected chi connectivity index (χ4v) is 5.16. The number of fused-ring (bicyclic) bond motifs is 1. The molecule has 42 heavy (non-hydrogen) atoms. The first kappa shape index (κ1) is 28.4. The van der Waals surface area contributed by atoms with E-state index in [0.717, 1.165) is 33.0 Å². The molecule has 1 aliphatic heterocycles. The van der Waals surface area contributed by atoms with Crippen molar-refractivity contribution in [2.75, 3.05) is 30.9 Å². The normalized spacial score (nSPS) is 13.9. The van der Waals surface area contributed by atoms with Crippen molar-refractivity contribution in [2.24, 2.45) is 0 Å². The monoisotopic (exact) mass is 581 g/mol. The Bertz CT molecular complexity index is 1710. The van der Waals surface area contributed by atoms with Crippen LogP contribution >= 0.6 is 11.8 Å². The molecule has 10 heteroatoms. The van der Waals surface area contributed by atoms with Crippen molar-refractivity contribution < 1.29 is 28.7 Å². The number of anilines is 2. The smallest absolute Gasteiger partial charge is 0.294 e. The highest BCUT2D eigenvalue weighted by Crippen LogP contribution is 2.34. The highest BCUT2D eigenvalue weighted by Gasteiger charge is 2.36. The number of nitrogens with zero attached hydrogens (tertiary/aromatic N) is 1. The lowest BCUT2D eigenvalue weighted by atomic mass is 10.1. The molecule has 0 saturated carbocycles. The Morgan fingerprint density at radius 1 is 0.881 bits per heavy atom. The van der Waals surface area contributed by atoms with E-state index in [1.807, 2.05) is 67.6 Å². The van der Waals surface area contributed by atoms with Gasteiger partial charge in [-0.15, -0.1) is 0 Å². The van der Waals surface area contributed by atoms with Crippen LogP contribution in [0.1, 0.15) is 11.1 Å². The second kappa shape index (κ2) is 12.6. The van der Waals surface area contributed by atoms with Crippen molar-refractivity contribution in [3.63, 3.8) is 0 Å². The second-order valence-electron chi connectivity index (χ2n) is 9.46. The number of rotatable bonds is 9. The predicted molar refractivity (Wildman–Crippen MR) is 164 cm³/mol. The molecule has 1 saturated heterocycles. The number of amides is 4. The van der Waals surface area contributed by atoms with Crippen molar-refractivity contribution in [3.8, 4) is 11.5 Å². The SMILES string of the molecule is COc1cc(/C=C2/SC(=O)N(CC(=O)Nc3cccc4ccccc34)C2=O)ccc1OCC(=O)Nc1ccc(C)cc1. The Kier molecular flexibility index (Phi) is 8.54. The van der Waals surface area contributed by atoms with Crippen LogP contribution in [0, 0.1) is 6.92 Å². The Labute approximate surface area is 246 Å². The standard InChI is InChI=1S/C32H27N3O6S/c1-20-10-13-23(14-11-20)33-30(37)19-41-26-15-12-21(16-27(26)40-2)17-28-31(38)35(32(39)42-28)18-29(36)34-25-9-5-7-22-6-3-4-8-24(22)25/h3-17H,18-19H2,1-2H3,(H,33,37)(H,34,36)/b28-17+. The summed E-state index contributed by atoms with van der Waals surface area (Å²) in [4.78, 5) is 51.8. The average Bonchev–Trinajstić information content (AvgIpc) is 3.24. The number of hydrogen-bond donors (Lipinski definition) is 2. The van der Waals surface area contributed by atoms with Gasteiger partial charge in [0.15, 0.2) is 18.1 Å². The van der Waals surface area contributed by atoms with Gasteiger partial charge in [0.2, 0.25) is 5.91 Å². The molecule has 2 N–H and O–H groups in total. The number of ether oxygens (including phenoxy) is 2. The van der Waals surface area contributed by atoms with Crippen LogP contribution in [0.25, 0.3) is 16.8 Å². The number of carbonyl (C=O) groups is 4. The molecular formula is C32H27N3O6S. The van der Waals surface area contributed by atoms with Gasteiger partial charge in [0.25, 0.3) is 17.1 Å². The molecular weight excluding hydrogens is 554 g/mol. The van der Waals surface area contributed by atoms with Crippen molar-refractivity contribution in [1.82, 2.24) is 4.90 Å². The molecule has 212 valence electrons. The summed E-state index contributed by atoms with van der Waals surface area (Å²) >= 11 is 0.755. The lowest BCUT2D eigenvalue weighted by molar-refractivity contribution is -0.127. The van der Waals surface area contributed by atoms with E-state index in [-0.39, 0.29) is 17.4 Å². The summed E-state index contributed by atoms with van der Waals surface area (Å²) in [5, 5.41) is 6.85. The van der Waals surface area contributed by atoms with Crippen molar-refractivity contribution in [2.45, 2.75) is 6.92 Å². The summed E-state index contributed by atoms with van der Waals surface area (Å²) in [6, 6.07) is 25.5. The maximum absolute atomic E-state index is 13.0. The van der Waals surface area contributed by atoms with Crippen LogP contribution < -0.4 is 20.1 Å². The maximum atomic E-state index is 13.0. The molecule has 4 aromatic rings. The van der Waals surface area contributed by atoms with Gasteiger partial charge >= 0.3 is 0 Å². The Balaban J connectivity index is 1.21. The van der Waals surface area contributed by atoms with E-state index < -0.39 is 23.6 Å². The lowest BCUT2D eigenvalue weighted by Crippen LogP contribution is -2.36. The van der Waals surface area contributed by atoms with E-state index in [4.69, 9.17) is 9.47 Å². The van der Waals surface area contributed by atoms with Gasteiger partial charge in [-0.1, -0.05) is 60.2 Å². The number of thioether (sulfide) groups is 1. The molecule has 0 aliphatic carbocycles. The molecule has 0 atom stereocenters. The molecule has 1 aliphatic rings. The van der Waals surface area contributed by atoms with E-state index in [9.17, 15) is 19.2 Å². The van der Waals surface area contributed by atoms with Crippen LogP contribution in [0.15, 0.2) is 89.8 Å². The van der Waals surface area contributed by atoms with Gasteiger partial charge in [-0.3, -0.25) is 24.1 Å². The second-order valence-corrected chi connectivity index (χ2v) is 10.4. The number of hydrogen-bond acceptors (Lipinski definition) is 7. The summed E-state index contributed by atoms with van der Waals surface area (Å²) in [5.74, 6) is -0.690. The number of methoxy groups -OCH3 is 1. The molecule has 4 amide bonds. The topological polar surface area (TPSA) is 114 Å². The third kappa shape index (κ3) is 6.61. The molecule has 0 aromatic heterocycles. The third-order valence-corrected chi connectivity index (χ3v) is 7.33. The van der Waals surface area contributed by atoms with Gasteiger partial charge in [0.05, 0.1) is 12.0 Å². The summed E-state index contributed by atoms with van der Waals surface area (Å²) in [6.07, 6.45) is 1.55. The van der Waals surface area contributed by atoms with Gasteiger partial charge in [-0.2, -0.15) is 0 Å². The van der Waals surface area contributed by atoms with Crippen LogP contribution in [0.2, 0.25) is 0 Å². The molecule has 0 unspecified atom stereocenters. The molecule has 1 fully saturated rings. The van der Waals surface area contributed by atoms with Gasteiger partial charge in [-0.05, 0) is 66.0 Å². The summed E-state index contributed by atoms with van der Waals surface area (Å²) in [7, 11) is 1.46. The maximum Gasteiger partial charge on any atom is 0.294 e. The minimum Gasteiger partial charge on any atom is -0.493 e. The summed E-state index contributed by atoms with van der Waals surface area (Å²) < 4.78 is 11.1. The van der Waals surface area contributed by atoms with Crippen LogP contribution in [0.3, 0.4) is 0 Å². The van der Waals surface area contributed by atoms with Crippen molar-refractivity contribution in [3.05, 3.63) is 101 Å². The Morgan fingerprint density at radius 3 is 2.43 bits per heavy atom. The highest BCUT2D eigenvalue weighted by atomic mass is 32.2. The van der Waals surface area contributed by atoms with Crippen molar-refractivity contribution in [1.29, 1.82) is 0 Å². The van der Waals surface area contributed by atoms with Gasteiger partial charge in [-0.25, -0.2) is 0 Å². The van der Waals surface area contributed by atoms with Crippen LogP contribution in [-0.4, -0.2) is 48.1 Å². The van der Waals surface area contributed by atoms with Gasteiger partial charge in [0, 0.05) is 16.8 Å². The van der Waals surface area contributed by atoms with E-state index in [1.165, 1.54) is 7.11 Å². The predicted octanol–water partition coefficient (Wildman–Crippen LogP) is 5.85. The van der Waals surface area contributed by atoms with E-state index in [1.54, 1.807) is 30.3 Å². The molecule has 0 bridgehead atoms. The molecule has 0 spiro atoms. The summed E-state index contributed by atoms with van der Waals surface area (Å²) in [6.45, 7) is 1.32. The molecule has 4 aromatic carbocycles. The quantitative estimate of drug-likeness (QED) is 0.238. The third-order valence-electron chi connectivity index (χ3n) is 6.42. The Hall–Kier alpha value is -5.09. The fraction of sp³-hybridized carbons (Fsp3) is 0.125. The molecule has 5 rings (SSSR count). The minimum absolute atomic E-state index is 0.172. The Morgan fingerprint density at radius 2 is 1.64 bits per heavy atom. The van der Waals surface area contributed by atoms with E-state index in [0.29, 0.717) is 28.4 Å². The number of imide groups is 1. The number of aryl methyl sites for hydroxylation is 1. The number of benzene rings is 4. The summed E-state index contributed by atoms with van der Waals surface area (Å²) in [5.41, 5.74) is 2.93. The fourth-order valence-electron chi connectivity index (χ4n) is 4.33. The number of carbonyl (C=O) groups excluding carboxylic acids is 4. The van der Waals surface area contributed by atoms with Crippen LogP contribution in [0.4, 0.5) is 16.2 Å². The first-order valence-electron chi connectivity index (χ1n) is 13.0. The number of nitrogens with one attached hydrogen (secondary N) is 2. The average molecular weight is 582 g/mol. The van der Waals surface area contributed by atoms with Crippen LogP contribution in [0.5, 0.6) is 11.5 Å². The first-order chi connectivity index (χ1) is 20.3. The zero-order valence-electron chi connectivity index (χ0n) is 22.9. The minimum atomic E-state index is -0.565.